The van der Waals surface area contributed by atoms with Gasteiger partial charge in [-0.25, -0.2) is 0 Å². The summed E-state index contributed by atoms with van der Waals surface area (Å²) in [5, 5.41) is 4.49. The largest absolute Gasteiger partial charge is 0.397 e. The van der Waals surface area contributed by atoms with Gasteiger partial charge in [0.05, 0.1) is 11.1 Å². The monoisotopic (exact) mass is 480 g/mol. The maximum atomic E-state index is 13.0. The molecule has 0 aliphatic carbocycles. The van der Waals surface area contributed by atoms with Crippen LogP contribution in [0.25, 0.3) is 0 Å². The van der Waals surface area contributed by atoms with E-state index in [1.807, 2.05) is 4.90 Å². The van der Waals surface area contributed by atoms with E-state index in [1.165, 1.54) is 0 Å². The molecular formula is C22H23F3N4O5. The molecule has 0 aromatic heterocycles. The summed E-state index contributed by atoms with van der Waals surface area (Å²) in [6.45, 7) is 1.30. The molecule has 1 aromatic carbocycles. The Morgan fingerprint density at radius 1 is 1.03 bits per heavy atom. The molecule has 0 spiro atoms. The first-order valence-corrected chi connectivity index (χ1v) is 11.0. The van der Waals surface area contributed by atoms with Gasteiger partial charge in [-0.1, -0.05) is 0 Å². The van der Waals surface area contributed by atoms with E-state index in [2.05, 4.69) is 10.6 Å². The second-order valence-corrected chi connectivity index (χ2v) is 8.70. The van der Waals surface area contributed by atoms with Gasteiger partial charge in [0.25, 0.3) is 11.8 Å². The van der Waals surface area contributed by atoms with Crippen molar-refractivity contribution in [2.24, 2.45) is 5.92 Å². The molecule has 2 N–H and O–H groups in total. The molecule has 5 amide bonds. The van der Waals surface area contributed by atoms with Gasteiger partial charge < -0.3 is 10.2 Å². The number of rotatable bonds is 5. The molecule has 3 aliphatic rings. The summed E-state index contributed by atoms with van der Waals surface area (Å²) in [5.74, 6) is -3.28. The van der Waals surface area contributed by atoms with Crippen molar-refractivity contribution in [1.82, 2.24) is 15.5 Å². The standard InChI is InChI=1S/C22H23F3N4O5/c23-22(24,25)10-18(31)26-11-12-5-7-28(8-6-12)13-1-2-14-15(9-13)21(34)29(20(14)33)16-3-4-17(30)27-19(16)32/h1-2,9,12,16H,3-8,10-11H2,(H,26,31)(H,27,30,32). The maximum Gasteiger partial charge on any atom is 0.397 e. The van der Waals surface area contributed by atoms with Crippen LogP contribution in [-0.4, -0.2) is 66.3 Å². The van der Waals surface area contributed by atoms with Crippen molar-refractivity contribution >= 4 is 35.2 Å². The van der Waals surface area contributed by atoms with Crippen LogP contribution >= 0.6 is 0 Å². The third kappa shape index (κ3) is 4.90. The van der Waals surface area contributed by atoms with E-state index in [0.717, 1.165) is 4.90 Å². The zero-order valence-electron chi connectivity index (χ0n) is 18.1. The third-order valence-electron chi connectivity index (χ3n) is 6.35. The zero-order chi connectivity index (χ0) is 24.6. The van der Waals surface area contributed by atoms with Crippen LogP contribution in [0.4, 0.5) is 18.9 Å². The molecule has 9 nitrogen and oxygen atoms in total. The lowest BCUT2D eigenvalue weighted by Gasteiger charge is -2.34. The van der Waals surface area contributed by atoms with E-state index in [-0.39, 0.29) is 36.4 Å². The summed E-state index contributed by atoms with van der Waals surface area (Å²) < 4.78 is 36.8. The van der Waals surface area contributed by atoms with Crippen molar-refractivity contribution in [3.63, 3.8) is 0 Å². The van der Waals surface area contributed by atoms with Crippen molar-refractivity contribution in [2.45, 2.75) is 44.3 Å². The number of nitrogens with zero attached hydrogens (tertiary/aromatic N) is 2. The van der Waals surface area contributed by atoms with Gasteiger partial charge in [-0.2, -0.15) is 13.2 Å². The lowest BCUT2D eigenvalue weighted by Crippen LogP contribution is -2.54. The Kier molecular flexibility index (Phi) is 6.32. The Hall–Kier alpha value is -3.44. The van der Waals surface area contributed by atoms with Crippen molar-refractivity contribution in [1.29, 1.82) is 0 Å². The summed E-state index contributed by atoms with van der Waals surface area (Å²) >= 11 is 0. The second kappa shape index (κ2) is 9.07. The highest BCUT2D eigenvalue weighted by atomic mass is 19.4. The maximum absolute atomic E-state index is 13.0. The van der Waals surface area contributed by atoms with E-state index >= 15 is 0 Å². The van der Waals surface area contributed by atoms with Crippen LogP contribution < -0.4 is 15.5 Å². The SMILES string of the molecule is O=C(CC(F)(F)F)NCC1CCN(c2ccc3c(c2)C(=O)N(C2CCC(=O)NC2=O)C3=O)CC1. The van der Waals surface area contributed by atoms with E-state index < -0.39 is 48.2 Å². The van der Waals surface area contributed by atoms with Crippen molar-refractivity contribution < 1.29 is 37.1 Å². The molecule has 3 heterocycles. The molecule has 4 rings (SSSR count). The first kappa shape index (κ1) is 23.7. The number of carbonyl (C=O) groups is 5. The molecule has 34 heavy (non-hydrogen) atoms. The number of hydrogen-bond donors (Lipinski definition) is 2. The quantitative estimate of drug-likeness (QED) is 0.616. The van der Waals surface area contributed by atoms with Crippen molar-refractivity contribution in [3.05, 3.63) is 29.3 Å². The number of imide groups is 2. The lowest BCUT2D eigenvalue weighted by molar-refractivity contribution is -0.154. The number of alkyl halides is 3. The minimum absolute atomic E-state index is 0.0362. The van der Waals surface area contributed by atoms with Crippen LogP contribution in [0.1, 0.15) is 52.8 Å². The normalized spacial score (nSPS) is 21.6. The fraction of sp³-hybridized carbons (Fsp3) is 0.500. The molecular weight excluding hydrogens is 457 g/mol. The summed E-state index contributed by atoms with van der Waals surface area (Å²) in [6, 6.07) is 3.83. The first-order valence-electron chi connectivity index (χ1n) is 11.0. The van der Waals surface area contributed by atoms with Crippen LogP contribution in [0, 0.1) is 5.92 Å². The highest BCUT2D eigenvalue weighted by molar-refractivity contribution is 6.23. The molecule has 182 valence electrons. The van der Waals surface area contributed by atoms with E-state index in [1.54, 1.807) is 18.2 Å². The smallest absolute Gasteiger partial charge is 0.371 e. The molecule has 0 radical (unpaired) electrons. The molecule has 1 atom stereocenters. The van der Waals surface area contributed by atoms with Gasteiger partial charge in [0, 0.05) is 31.7 Å². The van der Waals surface area contributed by atoms with Gasteiger partial charge in [0.1, 0.15) is 12.5 Å². The van der Waals surface area contributed by atoms with E-state index in [0.29, 0.717) is 31.6 Å². The number of piperidine rings is 2. The first-order chi connectivity index (χ1) is 16.0. The Bertz CT molecular complexity index is 1050. The molecule has 2 fully saturated rings. The minimum Gasteiger partial charge on any atom is -0.371 e. The van der Waals surface area contributed by atoms with E-state index in [9.17, 15) is 37.1 Å². The van der Waals surface area contributed by atoms with Crippen LogP contribution in [0.15, 0.2) is 18.2 Å². The lowest BCUT2D eigenvalue weighted by atomic mass is 9.96. The van der Waals surface area contributed by atoms with E-state index in [4.69, 9.17) is 0 Å². The van der Waals surface area contributed by atoms with Crippen molar-refractivity contribution in [3.8, 4) is 0 Å². The predicted molar refractivity (Wildman–Crippen MR) is 112 cm³/mol. The zero-order valence-corrected chi connectivity index (χ0v) is 18.1. The number of nitrogens with one attached hydrogen (secondary N) is 2. The summed E-state index contributed by atoms with van der Waals surface area (Å²) in [6.07, 6.45) is -4.63. The average molecular weight is 480 g/mol. The van der Waals surface area contributed by atoms with Crippen molar-refractivity contribution in [2.75, 3.05) is 24.5 Å². The highest BCUT2D eigenvalue weighted by Gasteiger charge is 2.44. The molecule has 0 bridgehead atoms. The molecule has 3 aliphatic heterocycles. The number of hydrogen-bond acceptors (Lipinski definition) is 6. The Morgan fingerprint density at radius 3 is 2.35 bits per heavy atom. The average Bonchev–Trinajstić information content (AvgIpc) is 3.01. The molecule has 2 saturated heterocycles. The van der Waals surface area contributed by atoms with Crippen LogP contribution in [0.3, 0.4) is 0 Å². The predicted octanol–water partition coefficient (Wildman–Crippen LogP) is 1.37. The topological polar surface area (TPSA) is 116 Å². The minimum atomic E-state index is -4.53. The Morgan fingerprint density at radius 2 is 1.71 bits per heavy atom. The Labute approximate surface area is 192 Å². The summed E-state index contributed by atoms with van der Waals surface area (Å²) in [5.41, 5.74) is 1.10. The highest BCUT2D eigenvalue weighted by Crippen LogP contribution is 2.32. The van der Waals surface area contributed by atoms with Gasteiger partial charge in [0.2, 0.25) is 17.7 Å². The van der Waals surface area contributed by atoms with Gasteiger partial charge in [0.15, 0.2) is 0 Å². The number of carbonyl (C=O) groups excluding carboxylic acids is 5. The van der Waals surface area contributed by atoms with Gasteiger partial charge >= 0.3 is 6.18 Å². The second-order valence-electron chi connectivity index (χ2n) is 8.70. The van der Waals surface area contributed by atoms with Crippen LogP contribution in [0.5, 0.6) is 0 Å². The summed E-state index contributed by atoms with van der Waals surface area (Å²) in [7, 11) is 0. The number of fused-ring (bicyclic) bond motifs is 1. The molecule has 12 heteroatoms. The number of halogens is 3. The third-order valence-corrected chi connectivity index (χ3v) is 6.35. The van der Waals surface area contributed by atoms with Gasteiger partial charge in [-0.05, 0) is 43.4 Å². The Balaban J connectivity index is 1.37. The van der Waals surface area contributed by atoms with Crippen LogP contribution in [0.2, 0.25) is 0 Å². The summed E-state index contributed by atoms with van der Waals surface area (Å²) in [4.78, 5) is 63.6. The number of benzene rings is 1. The van der Waals surface area contributed by atoms with Gasteiger partial charge in [-0.15, -0.1) is 0 Å². The number of anilines is 1. The fourth-order valence-electron chi connectivity index (χ4n) is 4.55. The van der Waals surface area contributed by atoms with Crippen LogP contribution in [-0.2, 0) is 14.4 Å². The molecule has 1 aromatic rings. The van der Waals surface area contributed by atoms with Gasteiger partial charge in [-0.3, -0.25) is 34.2 Å². The molecule has 0 saturated carbocycles. The number of amides is 5. The fourth-order valence-corrected chi connectivity index (χ4v) is 4.55. The molecule has 1 unspecified atom stereocenters.